The van der Waals surface area contributed by atoms with Crippen LogP contribution in [-0.2, 0) is 9.84 Å². The lowest BCUT2D eigenvalue weighted by Gasteiger charge is -2.15. The van der Waals surface area contributed by atoms with Crippen molar-refractivity contribution in [1.82, 2.24) is 0 Å². The van der Waals surface area contributed by atoms with Gasteiger partial charge in [-0.05, 0) is 13.0 Å². The smallest absolute Gasteiger partial charge is 0.153 e. The number of hydrogen-bond acceptors (Lipinski definition) is 5. The Bertz CT molecular complexity index is 511. The van der Waals surface area contributed by atoms with Gasteiger partial charge in [-0.3, -0.25) is 0 Å². The Labute approximate surface area is 114 Å². The molecule has 0 saturated carbocycles. The van der Waals surface area contributed by atoms with E-state index < -0.39 is 9.84 Å². The lowest BCUT2D eigenvalue weighted by atomic mass is 10.1. The molecular weight excluding hydrogens is 266 g/mol. The zero-order valence-electron chi connectivity index (χ0n) is 11.5. The van der Waals surface area contributed by atoms with E-state index in [0.29, 0.717) is 11.5 Å². The molecule has 0 aliphatic rings. The normalized spacial score (nSPS) is 13.1. The molecule has 1 rings (SSSR count). The Hall–Kier alpha value is -1.27. The van der Waals surface area contributed by atoms with Gasteiger partial charge >= 0.3 is 0 Å². The predicted molar refractivity (Wildman–Crippen MR) is 75.4 cm³/mol. The Morgan fingerprint density at radius 1 is 1.37 bits per heavy atom. The summed E-state index contributed by atoms with van der Waals surface area (Å²) in [4.78, 5) is 0. The maximum atomic E-state index is 11.4. The molecule has 0 aliphatic heterocycles. The zero-order chi connectivity index (χ0) is 14.5. The first-order chi connectivity index (χ1) is 8.89. The van der Waals surface area contributed by atoms with Gasteiger partial charge in [0.25, 0.3) is 0 Å². The van der Waals surface area contributed by atoms with E-state index in [1.165, 1.54) is 0 Å². The van der Waals surface area contributed by atoms with Gasteiger partial charge in [-0.15, -0.1) is 0 Å². The molecule has 2 N–H and O–H groups in total. The molecule has 1 aromatic carbocycles. The van der Waals surface area contributed by atoms with E-state index in [1.807, 2.05) is 13.0 Å². The van der Waals surface area contributed by atoms with E-state index in [0.717, 1.165) is 5.56 Å². The number of rotatable bonds is 7. The maximum Gasteiger partial charge on any atom is 0.153 e. The van der Waals surface area contributed by atoms with Crippen molar-refractivity contribution in [2.24, 2.45) is 5.73 Å². The van der Waals surface area contributed by atoms with Gasteiger partial charge in [0.15, 0.2) is 9.84 Å². The van der Waals surface area contributed by atoms with E-state index in [4.69, 9.17) is 15.2 Å². The van der Waals surface area contributed by atoms with Gasteiger partial charge in [-0.1, -0.05) is 13.0 Å². The first kappa shape index (κ1) is 15.8. The quantitative estimate of drug-likeness (QED) is 0.822. The SMILES string of the molecule is CCS(=O)(=O)CCOc1cc(OC)ccc1C(C)N. The minimum Gasteiger partial charge on any atom is -0.497 e. The second kappa shape index (κ2) is 6.77. The van der Waals surface area contributed by atoms with Crippen molar-refractivity contribution in [1.29, 1.82) is 0 Å². The summed E-state index contributed by atoms with van der Waals surface area (Å²) in [6, 6.07) is 5.15. The van der Waals surface area contributed by atoms with Crippen LogP contribution in [0.15, 0.2) is 18.2 Å². The van der Waals surface area contributed by atoms with Crippen LogP contribution in [0.25, 0.3) is 0 Å². The summed E-state index contributed by atoms with van der Waals surface area (Å²) in [5.74, 6) is 1.34. The topological polar surface area (TPSA) is 78.6 Å². The Balaban J connectivity index is 2.81. The lowest BCUT2D eigenvalue weighted by Crippen LogP contribution is -2.17. The van der Waals surface area contributed by atoms with E-state index in [-0.39, 0.29) is 24.2 Å². The number of hydrogen-bond donors (Lipinski definition) is 1. The van der Waals surface area contributed by atoms with Crippen LogP contribution in [0.3, 0.4) is 0 Å². The van der Waals surface area contributed by atoms with Gasteiger partial charge in [-0.2, -0.15) is 0 Å². The lowest BCUT2D eigenvalue weighted by molar-refractivity contribution is 0.331. The summed E-state index contributed by atoms with van der Waals surface area (Å²) < 4.78 is 33.5. The van der Waals surface area contributed by atoms with Gasteiger partial charge in [0.2, 0.25) is 0 Å². The molecule has 0 bridgehead atoms. The fraction of sp³-hybridized carbons (Fsp3) is 0.538. The Kier molecular flexibility index (Phi) is 5.62. The van der Waals surface area contributed by atoms with Gasteiger partial charge in [0.05, 0.1) is 12.9 Å². The van der Waals surface area contributed by atoms with Crippen LogP contribution in [0.2, 0.25) is 0 Å². The van der Waals surface area contributed by atoms with Gasteiger partial charge in [0.1, 0.15) is 18.1 Å². The molecule has 0 aliphatic carbocycles. The van der Waals surface area contributed by atoms with Crippen molar-refractivity contribution >= 4 is 9.84 Å². The summed E-state index contributed by atoms with van der Waals surface area (Å²) in [6.07, 6.45) is 0. The molecule has 6 heteroatoms. The van der Waals surface area contributed by atoms with Gasteiger partial charge in [-0.25, -0.2) is 8.42 Å². The highest BCUT2D eigenvalue weighted by Gasteiger charge is 2.12. The number of ether oxygens (including phenoxy) is 2. The molecule has 1 atom stereocenters. The molecule has 0 saturated heterocycles. The average Bonchev–Trinajstić information content (AvgIpc) is 2.38. The summed E-state index contributed by atoms with van der Waals surface area (Å²) in [5.41, 5.74) is 6.68. The Morgan fingerprint density at radius 2 is 2.05 bits per heavy atom. The second-order valence-electron chi connectivity index (χ2n) is 4.28. The molecule has 0 aromatic heterocycles. The third kappa shape index (κ3) is 4.72. The van der Waals surface area contributed by atoms with Crippen molar-refractivity contribution in [3.05, 3.63) is 23.8 Å². The van der Waals surface area contributed by atoms with Crippen LogP contribution in [0.5, 0.6) is 11.5 Å². The standard InChI is InChI=1S/C13H21NO4S/c1-4-19(15,16)8-7-18-13-9-11(17-3)5-6-12(13)10(2)14/h5-6,9-10H,4,7-8,14H2,1-3H3. The molecule has 0 radical (unpaired) electrons. The molecule has 5 nitrogen and oxygen atoms in total. The van der Waals surface area contributed by atoms with E-state index in [2.05, 4.69) is 0 Å². The predicted octanol–water partition coefficient (Wildman–Crippen LogP) is 1.53. The number of benzene rings is 1. The first-order valence-electron chi connectivity index (χ1n) is 6.16. The van der Waals surface area contributed by atoms with Crippen LogP contribution < -0.4 is 15.2 Å². The van der Waals surface area contributed by atoms with Gasteiger partial charge in [0, 0.05) is 23.4 Å². The zero-order valence-corrected chi connectivity index (χ0v) is 12.4. The first-order valence-corrected chi connectivity index (χ1v) is 7.98. The highest BCUT2D eigenvalue weighted by molar-refractivity contribution is 7.91. The van der Waals surface area contributed by atoms with Crippen LogP contribution in [0.1, 0.15) is 25.5 Å². The third-order valence-corrected chi connectivity index (χ3v) is 4.47. The molecule has 0 spiro atoms. The third-order valence-electron chi connectivity index (χ3n) is 2.80. The molecule has 0 amide bonds. The molecule has 1 aromatic rings. The summed E-state index contributed by atoms with van der Waals surface area (Å²) in [6.45, 7) is 3.58. The van der Waals surface area contributed by atoms with Crippen LogP contribution >= 0.6 is 0 Å². The second-order valence-corrected chi connectivity index (χ2v) is 6.75. The van der Waals surface area contributed by atoms with Crippen molar-refractivity contribution in [2.75, 3.05) is 25.2 Å². The molecule has 108 valence electrons. The summed E-state index contributed by atoms with van der Waals surface area (Å²) in [7, 11) is -1.46. The molecular formula is C13H21NO4S. The summed E-state index contributed by atoms with van der Waals surface area (Å²) in [5, 5.41) is 0. The van der Waals surface area contributed by atoms with Crippen molar-refractivity contribution < 1.29 is 17.9 Å². The van der Waals surface area contributed by atoms with Crippen LogP contribution in [0.4, 0.5) is 0 Å². The summed E-state index contributed by atoms with van der Waals surface area (Å²) >= 11 is 0. The van der Waals surface area contributed by atoms with Crippen LogP contribution in [-0.4, -0.2) is 33.6 Å². The van der Waals surface area contributed by atoms with Gasteiger partial charge < -0.3 is 15.2 Å². The Morgan fingerprint density at radius 3 is 2.58 bits per heavy atom. The highest BCUT2D eigenvalue weighted by atomic mass is 32.2. The minimum atomic E-state index is -3.03. The van der Waals surface area contributed by atoms with E-state index in [1.54, 1.807) is 26.2 Å². The number of nitrogens with two attached hydrogens (primary N) is 1. The van der Waals surface area contributed by atoms with Crippen molar-refractivity contribution in [3.63, 3.8) is 0 Å². The van der Waals surface area contributed by atoms with E-state index >= 15 is 0 Å². The molecule has 0 heterocycles. The average molecular weight is 287 g/mol. The van der Waals surface area contributed by atoms with Crippen LogP contribution in [0, 0.1) is 0 Å². The highest BCUT2D eigenvalue weighted by Crippen LogP contribution is 2.28. The fourth-order valence-electron chi connectivity index (χ4n) is 1.57. The fourth-order valence-corrected chi connectivity index (χ4v) is 2.19. The number of methoxy groups -OCH3 is 1. The number of sulfone groups is 1. The van der Waals surface area contributed by atoms with E-state index in [9.17, 15) is 8.42 Å². The molecule has 0 fully saturated rings. The monoisotopic (exact) mass is 287 g/mol. The largest absolute Gasteiger partial charge is 0.497 e. The molecule has 19 heavy (non-hydrogen) atoms. The van der Waals surface area contributed by atoms with Crippen molar-refractivity contribution in [2.45, 2.75) is 19.9 Å². The molecule has 1 unspecified atom stereocenters. The maximum absolute atomic E-state index is 11.4. The minimum absolute atomic E-state index is 0.000891. The van der Waals surface area contributed by atoms with Crippen molar-refractivity contribution in [3.8, 4) is 11.5 Å².